The number of benzene rings is 2. The molecule has 8 heteroatoms. The first-order valence-corrected chi connectivity index (χ1v) is 9.13. The third kappa shape index (κ3) is 4.35. The molecule has 1 atom stereocenters. The molecule has 3 aromatic rings. The summed E-state index contributed by atoms with van der Waals surface area (Å²) in [6.45, 7) is 3.43. The molecule has 0 spiro atoms. The number of hydrogen-bond acceptors (Lipinski definition) is 7. The number of amides is 1. The summed E-state index contributed by atoms with van der Waals surface area (Å²) in [5, 5.41) is 17.8. The molecule has 0 aliphatic heterocycles. The van der Waals surface area contributed by atoms with Crippen LogP contribution in [-0.4, -0.2) is 34.9 Å². The number of carbonyl (C=O) groups excluding carboxylic acids is 1. The number of thiazole rings is 1. The standard InChI is InChI=1S/C19H20N4O3S/c1-11(14-10-13(26-3)8-9-16(14)24)22-23-18(25)12(2)20-19-21-15-6-4-5-7-17(15)27-19/h4-10,12,24H,1-3H3,(H,20,21)(H,23,25)/b22-11+/t12-/m0/s1. The Hall–Kier alpha value is -3.13. The van der Waals surface area contributed by atoms with E-state index in [4.69, 9.17) is 4.74 Å². The van der Waals surface area contributed by atoms with Gasteiger partial charge in [-0.25, -0.2) is 10.4 Å². The lowest BCUT2D eigenvalue weighted by atomic mass is 10.1. The number of phenolic OH excluding ortho intramolecular Hbond substituents is 1. The molecule has 7 nitrogen and oxygen atoms in total. The van der Waals surface area contributed by atoms with Crippen LogP contribution in [0, 0.1) is 0 Å². The number of phenols is 1. The number of para-hydroxylation sites is 1. The van der Waals surface area contributed by atoms with Gasteiger partial charge >= 0.3 is 0 Å². The van der Waals surface area contributed by atoms with Gasteiger partial charge in [-0.3, -0.25) is 4.79 Å². The molecule has 0 aliphatic rings. The van der Waals surface area contributed by atoms with Gasteiger partial charge in [0.15, 0.2) is 5.13 Å². The summed E-state index contributed by atoms with van der Waals surface area (Å²) in [4.78, 5) is 16.8. The molecule has 1 aromatic heterocycles. The van der Waals surface area contributed by atoms with Crippen molar-refractivity contribution in [2.24, 2.45) is 5.10 Å². The summed E-state index contributed by atoms with van der Waals surface area (Å²) in [7, 11) is 1.54. The molecule has 1 amide bonds. The summed E-state index contributed by atoms with van der Waals surface area (Å²) < 4.78 is 6.20. The van der Waals surface area contributed by atoms with Gasteiger partial charge in [-0.2, -0.15) is 5.10 Å². The summed E-state index contributed by atoms with van der Waals surface area (Å²) in [6.07, 6.45) is 0. The van der Waals surface area contributed by atoms with Crippen molar-refractivity contribution >= 4 is 38.3 Å². The highest BCUT2D eigenvalue weighted by Crippen LogP contribution is 2.26. The Bertz CT molecular complexity index is 967. The second-order valence-electron chi connectivity index (χ2n) is 5.91. The lowest BCUT2D eigenvalue weighted by Crippen LogP contribution is -2.35. The molecule has 3 N–H and O–H groups in total. The SMILES string of the molecule is COc1ccc(O)c(/C(C)=N/NC(=O)[C@H](C)Nc2nc3ccccc3s2)c1. The number of nitrogens with one attached hydrogen (secondary N) is 2. The zero-order chi connectivity index (χ0) is 19.4. The van der Waals surface area contributed by atoms with Crippen molar-refractivity contribution in [3.63, 3.8) is 0 Å². The zero-order valence-corrected chi connectivity index (χ0v) is 16.0. The first-order valence-electron chi connectivity index (χ1n) is 8.31. The van der Waals surface area contributed by atoms with Crippen LogP contribution in [-0.2, 0) is 4.79 Å². The average Bonchev–Trinajstić information content (AvgIpc) is 3.08. The molecular formula is C19H20N4O3S. The first kappa shape index (κ1) is 18.7. The maximum absolute atomic E-state index is 12.3. The molecule has 0 saturated carbocycles. The van der Waals surface area contributed by atoms with E-state index in [9.17, 15) is 9.90 Å². The summed E-state index contributed by atoms with van der Waals surface area (Å²) >= 11 is 1.49. The van der Waals surface area contributed by atoms with Gasteiger partial charge in [-0.15, -0.1) is 0 Å². The van der Waals surface area contributed by atoms with E-state index >= 15 is 0 Å². The molecule has 1 heterocycles. The van der Waals surface area contributed by atoms with Gasteiger partial charge in [0.2, 0.25) is 0 Å². The van der Waals surface area contributed by atoms with Crippen molar-refractivity contribution in [2.45, 2.75) is 19.9 Å². The van der Waals surface area contributed by atoms with Crippen LogP contribution in [0.15, 0.2) is 47.6 Å². The van der Waals surface area contributed by atoms with Crippen molar-refractivity contribution < 1.29 is 14.6 Å². The van der Waals surface area contributed by atoms with Crippen LogP contribution < -0.4 is 15.5 Å². The van der Waals surface area contributed by atoms with Crippen molar-refractivity contribution in [3.05, 3.63) is 48.0 Å². The number of fused-ring (bicyclic) bond motifs is 1. The van der Waals surface area contributed by atoms with Gasteiger partial charge in [-0.05, 0) is 44.2 Å². The quantitative estimate of drug-likeness (QED) is 0.447. The second-order valence-corrected chi connectivity index (χ2v) is 6.94. The van der Waals surface area contributed by atoms with Gasteiger partial charge in [0.25, 0.3) is 5.91 Å². The topological polar surface area (TPSA) is 95.8 Å². The highest BCUT2D eigenvalue weighted by molar-refractivity contribution is 7.22. The number of rotatable bonds is 6. The number of anilines is 1. The normalized spacial score (nSPS) is 12.6. The Morgan fingerprint density at radius 3 is 2.81 bits per heavy atom. The smallest absolute Gasteiger partial charge is 0.262 e. The van der Waals surface area contributed by atoms with E-state index in [1.54, 1.807) is 33.1 Å². The van der Waals surface area contributed by atoms with E-state index in [1.165, 1.54) is 17.4 Å². The minimum absolute atomic E-state index is 0.0620. The number of hydrazone groups is 1. The highest BCUT2D eigenvalue weighted by atomic mass is 32.1. The van der Waals surface area contributed by atoms with E-state index in [-0.39, 0.29) is 11.7 Å². The van der Waals surface area contributed by atoms with Crippen LogP contribution in [0.4, 0.5) is 5.13 Å². The predicted octanol–water partition coefficient (Wildman–Crippen LogP) is 3.35. The van der Waals surface area contributed by atoms with Gasteiger partial charge in [0, 0.05) is 5.56 Å². The zero-order valence-electron chi connectivity index (χ0n) is 15.2. The van der Waals surface area contributed by atoms with Crippen LogP contribution in [0.3, 0.4) is 0 Å². The molecule has 2 aromatic carbocycles. The van der Waals surface area contributed by atoms with Crippen LogP contribution in [0.5, 0.6) is 11.5 Å². The maximum atomic E-state index is 12.3. The van der Waals surface area contributed by atoms with Crippen LogP contribution in [0.1, 0.15) is 19.4 Å². The first-order chi connectivity index (χ1) is 13.0. The van der Waals surface area contributed by atoms with Gasteiger partial charge in [0.05, 0.1) is 23.0 Å². The third-order valence-corrected chi connectivity index (χ3v) is 4.92. The Morgan fingerprint density at radius 2 is 2.07 bits per heavy atom. The summed E-state index contributed by atoms with van der Waals surface area (Å²) in [6, 6.07) is 12.1. The third-order valence-electron chi connectivity index (χ3n) is 3.95. The minimum Gasteiger partial charge on any atom is -0.507 e. The fourth-order valence-electron chi connectivity index (χ4n) is 2.41. The van der Waals surface area contributed by atoms with Crippen molar-refractivity contribution in [1.29, 1.82) is 0 Å². The lowest BCUT2D eigenvalue weighted by molar-refractivity contribution is -0.121. The molecular weight excluding hydrogens is 364 g/mol. The average molecular weight is 384 g/mol. The fraction of sp³-hybridized carbons (Fsp3) is 0.211. The molecule has 0 saturated heterocycles. The summed E-state index contributed by atoms with van der Waals surface area (Å²) in [5.74, 6) is 0.345. The van der Waals surface area contributed by atoms with Crippen LogP contribution in [0.25, 0.3) is 10.2 Å². The summed E-state index contributed by atoms with van der Waals surface area (Å²) in [5.41, 5.74) is 4.35. The van der Waals surface area contributed by atoms with Gasteiger partial charge in [0.1, 0.15) is 17.5 Å². The highest BCUT2D eigenvalue weighted by Gasteiger charge is 2.15. The minimum atomic E-state index is -0.527. The maximum Gasteiger partial charge on any atom is 0.262 e. The number of nitrogens with zero attached hydrogens (tertiary/aromatic N) is 2. The molecule has 3 rings (SSSR count). The van der Waals surface area contributed by atoms with E-state index in [1.807, 2.05) is 24.3 Å². The fourth-order valence-corrected chi connectivity index (χ4v) is 3.37. The van der Waals surface area contributed by atoms with E-state index in [2.05, 4.69) is 20.8 Å². The monoisotopic (exact) mass is 384 g/mol. The van der Waals surface area contributed by atoms with E-state index in [0.717, 1.165) is 10.2 Å². The number of hydrogen-bond donors (Lipinski definition) is 3. The molecule has 27 heavy (non-hydrogen) atoms. The van der Waals surface area contributed by atoms with Crippen LogP contribution >= 0.6 is 11.3 Å². The van der Waals surface area contributed by atoms with E-state index < -0.39 is 6.04 Å². The molecule has 0 radical (unpaired) electrons. The van der Waals surface area contributed by atoms with Gasteiger partial charge < -0.3 is 15.2 Å². The predicted molar refractivity (Wildman–Crippen MR) is 108 cm³/mol. The number of aromatic hydroxyl groups is 1. The largest absolute Gasteiger partial charge is 0.507 e. The molecule has 0 aliphatic carbocycles. The Morgan fingerprint density at radius 1 is 1.30 bits per heavy atom. The van der Waals surface area contributed by atoms with Crippen molar-refractivity contribution in [3.8, 4) is 11.5 Å². The molecule has 140 valence electrons. The molecule has 0 fully saturated rings. The Balaban J connectivity index is 1.66. The lowest BCUT2D eigenvalue weighted by Gasteiger charge is -2.12. The Kier molecular flexibility index (Phi) is 5.56. The van der Waals surface area contributed by atoms with Gasteiger partial charge in [-0.1, -0.05) is 23.5 Å². The molecule has 0 bridgehead atoms. The van der Waals surface area contributed by atoms with Crippen molar-refractivity contribution in [1.82, 2.24) is 10.4 Å². The number of carbonyl (C=O) groups is 1. The number of ether oxygens (including phenoxy) is 1. The Labute approximate surface area is 160 Å². The number of methoxy groups -OCH3 is 1. The second kappa shape index (κ2) is 8.05. The van der Waals surface area contributed by atoms with Crippen molar-refractivity contribution in [2.75, 3.05) is 12.4 Å². The van der Waals surface area contributed by atoms with E-state index in [0.29, 0.717) is 22.2 Å². The number of aromatic nitrogens is 1. The molecule has 0 unspecified atom stereocenters. The van der Waals surface area contributed by atoms with Crippen LogP contribution in [0.2, 0.25) is 0 Å².